The van der Waals surface area contributed by atoms with Gasteiger partial charge in [-0.2, -0.15) is 0 Å². The largest absolute Gasteiger partial charge is 0.324 e. The summed E-state index contributed by atoms with van der Waals surface area (Å²) in [5.41, 5.74) is 3.27. The van der Waals surface area contributed by atoms with Crippen LogP contribution < -0.4 is 10.5 Å². The molecule has 28 heavy (non-hydrogen) atoms. The summed E-state index contributed by atoms with van der Waals surface area (Å²) in [6.45, 7) is 8.97. The number of rotatable bonds is 6. The predicted octanol–water partition coefficient (Wildman–Crippen LogP) is 3.93. The van der Waals surface area contributed by atoms with Crippen LogP contribution in [0.25, 0.3) is 21.3 Å². The lowest BCUT2D eigenvalue weighted by Crippen LogP contribution is -3.09. The third-order valence-electron chi connectivity index (χ3n) is 5.05. The Balaban J connectivity index is 1.69. The van der Waals surface area contributed by atoms with Gasteiger partial charge in [0.15, 0.2) is 5.82 Å². The normalized spacial score (nSPS) is 12.5. The van der Waals surface area contributed by atoms with E-state index in [1.54, 1.807) is 22.7 Å². The molecular weight excluding hydrogens is 386 g/mol. The fourth-order valence-electron chi connectivity index (χ4n) is 3.52. The van der Waals surface area contributed by atoms with Gasteiger partial charge in [0.05, 0.1) is 16.8 Å². The quantitative estimate of drug-likeness (QED) is 0.506. The summed E-state index contributed by atoms with van der Waals surface area (Å²) in [5, 5.41) is 2.82. The lowest BCUT2D eigenvalue weighted by Gasteiger charge is -2.16. The molecule has 4 aromatic rings. The molecule has 3 heterocycles. The molecule has 0 amide bonds. The molecule has 0 aliphatic carbocycles. The van der Waals surface area contributed by atoms with Gasteiger partial charge >= 0.3 is 0 Å². The van der Waals surface area contributed by atoms with Crippen molar-refractivity contribution in [3.63, 3.8) is 0 Å². The first-order valence-corrected chi connectivity index (χ1v) is 11.2. The molecule has 1 aromatic carbocycles. The van der Waals surface area contributed by atoms with E-state index in [0.717, 1.165) is 46.3 Å². The molecule has 1 unspecified atom stereocenters. The van der Waals surface area contributed by atoms with Crippen LogP contribution in [0, 0.1) is 13.8 Å². The first kappa shape index (κ1) is 19.1. The van der Waals surface area contributed by atoms with Crippen LogP contribution in [0.5, 0.6) is 0 Å². The highest BCUT2D eigenvalue weighted by molar-refractivity contribution is 7.19. The molecular formula is C22H24N3OS2+. The minimum absolute atomic E-state index is 0.0356. The molecule has 0 aliphatic rings. The first-order valence-electron chi connectivity index (χ1n) is 9.50. The van der Waals surface area contributed by atoms with Crippen LogP contribution in [-0.4, -0.2) is 16.5 Å². The van der Waals surface area contributed by atoms with Crippen LogP contribution in [0.1, 0.15) is 28.1 Å². The van der Waals surface area contributed by atoms with Gasteiger partial charge in [-0.1, -0.05) is 35.9 Å². The maximum Gasteiger partial charge on any atom is 0.260 e. The van der Waals surface area contributed by atoms with Gasteiger partial charge in [0, 0.05) is 10.4 Å². The Bertz CT molecular complexity index is 1140. The number of thiophene rings is 2. The van der Waals surface area contributed by atoms with Gasteiger partial charge in [-0.3, -0.25) is 4.79 Å². The Kier molecular flexibility index (Phi) is 5.44. The molecule has 0 radical (unpaired) electrons. The van der Waals surface area contributed by atoms with Crippen molar-refractivity contribution in [2.45, 2.75) is 33.9 Å². The Labute approximate surface area is 172 Å². The zero-order chi connectivity index (χ0) is 19.7. The van der Waals surface area contributed by atoms with Crippen molar-refractivity contribution in [3.8, 4) is 11.1 Å². The summed E-state index contributed by atoms with van der Waals surface area (Å²) < 4.78 is 0. The fraction of sp³-hybridized carbons (Fsp3) is 0.273. The number of aromatic amines is 1. The third kappa shape index (κ3) is 3.81. The fourth-order valence-corrected chi connectivity index (χ4v) is 5.37. The first-order chi connectivity index (χ1) is 13.5. The van der Waals surface area contributed by atoms with Gasteiger partial charge < -0.3 is 9.88 Å². The lowest BCUT2D eigenvalue weighted by atomic mass is 10.0. The minimum Gasteiger partial charge on any atom is -0.324 e. The second kappa shape index (κ2) is 7.99. The van der Waals surface area contributed by atoms with Gasteiger partial charge in [-0.15, -0.1) is 22.7 Å². The van der Waals surface area contributed by atoms with Gasteiger partial charge in [0.25, 0.3) is 5.56 Å². The Morgan fingerprint density at radius 3 is 2.57 bits per heavy atom. The van der Waals surface area contributed by atoms with Crippen LogP contribution in [0.3, 0.4) is 0 Å². The predicted molar refractivity (Wildman–Crippen MR) is 118 cm³/mol. The smallest absolute Gasteiger partial charge is 0.260 e. The summed E-state index contributed by atoms with van der Waals surface area (Å²) in [7, 11) is 0. The highest BCUT2D eigenvalue weighted by Crippen LogP contribution is 2.35. The van der Waals surface area contributed by atoms with E-state index in [2.05, 4.69) is 67.5 Å². The van der Waals surface area contributed by atoms with E-state index < -0.39 is 0 Å². The molecule has 0 spiro atoms. The molecule has 6 heteroatoms. The van der Waals surface area contributed by atoms with E-state index in [0.29, 0.717) is 5.39 Å². The molecule has 144 valence electrons. The van der Waals surface area contributed by atoms with E-state index >= 15 is 0 Å². The monoisotopic (exact) mass is 410 g/mol. The van der Waals surface area contributed by atoms with Gasteiger partial charge in [-0.25, -0.2) is 4.98 Å². The topological polar surface area (TPSA) is 50.2 Å². The number of benzene rings is 1. The number of nitrogens with zero attached hydrogens (tertiary/aromatic N) is 1. The van der Waals surface area contributed by atoms with Crippen molar-refractivity contribution < 1.29 is 4.90 Å². The maximum atomic E-state index is 13.0. The summed E-state index contributed by atoms with van der Waals surface area (Å²) in [6.07, 6.45) is 0. The summed E-state index contributed by atoms with van der Waals surface area (Å²) in [4.78, 5) is 25.5. The number of H-pyrrole nitrogens is 1. The molecule has 0 saturated heterocycles. The van der Waals surface area contributed by atoms with Crippen molar-refractivity contribution in [1.29, 1.82) is 0 Å². The Morgan fingerprint density at radius 2 is 1.89 bits per heavy atom. The number of hydrogen-bond acceptors (Lipinski definition) is 4. The van der Waals surface area contributed by atoms with Crippen molar-refractivity contribution >= 4 is 32.9 Å². The van der Waals surface area contributed by atoms with Crippen LogP contribution in [0.2, 0.25) is 0 Å². The Hall–Kier alpha value is -2.28. The molecule has 4 rings (SSSR count). The second-order valence-electron chi connectivity index (χ2n) is 7.13. The summed E-state index contributed by atoms with van der Waals surface area (Å²) in [6, 6.07) is 12.6. The van der Waals surface area contributed by atoms with E-state index in [-0.39, 0.29) is 5.56 Å². The van der Waals surface area contributed by atoms with E-state index in [4.69, 9.17) is 4.98 Å². The number of fused-ring (bicyclic) bond motifs is 1. The summed E-state index contributed by atoms with van der Waals surface area (Å²) >= 11 is 3.38. The summed E-state index contributed by atoms with van der Waals surface area (Å²) in [5.74, 6) is 0.766. The average Bonchev–Trinajstić information content (AvgIpc) is 3.29. The van der Waals surface area contributed by atoms with E-state index in [1.807, 2.05) is 0 Å². The average molecular weight is 411 g/mol. The molecule has 4 nitrogen and oxygen atoms in total. The zero-order valence-corrected chi connectivity index (χ0v) is 18.0. The number of aromatic nitrogens is 2. The van der Waals surface area contributed by atoms with Crippen LogP contribution in [0.15, 0.2) is 46.6 Å². The molecule has 1 atom stereocenters. The van der Waals surface area contributed by atoms with Gasteiger partial charge in [0.2, 0.25) is 0 Å². The molecule has 3 aromatic heterocycles. The molecule has 0 saturated carbocycles. The highest BCUT2D eigenvalue weighted by atomic mass is 32.1. The standard InChI is InChI=1S/C22H23N3OS2/c1-4-25(12-17-6-5-11-27-17)13-18-23-21(26)20-19(15(3)28-22(20)24-18)16-9-7-14(2)8-10-16/h5-11H,4,12-13H2,1-3H3,(H,23,24,26)/p+1. The van der Waals surface area contributed by atoms with Crippen molar-refractivity contribution in [2.24, 2.45) is 0 Å². The zero-order valence-electron chi connectivity index (χ0n) is 16.3. The van der Waals surface area contributed by atoms with Crippen molar-refractivity contribution in [1.82, 2.24) is 9.97 Å². The van der Waals surface area contributed by atoms with E-state index in [9.17, 15) is 4.79 Å². The Morgan fingerprint density at radius 1 is 1.11 bits per heavy atom. The van der Waals surface area contributed by atoms with Crippen LogP contribution in [0.4, 0.5) is 0 Å². The molecule has 0 aliphatic heterocycles. The molecule has 2 N–H and O–H groups in total. The van der Waals surface area contributed by atoms with Crippen LogP contribution in [-0.2, 0) is 13.1 Å². The van der Waals surface area contributed by atoms with Crippen molar-refractivity contribution in [2.75, 3.05) is 6.54 Å². The van der Waals surface area contributed by atoms with E-state index in [1.165, 1.54) is 15.3 Å². The lowest BCUT2D eigenvalue weighted by molar-refractivity contribution is -0.926. The SMILES string of the molecule is CC[NH+](Cc1nc2sc(C)c(-c3ccc(C)cc3)c2c(=O)[nH]1)Cc1cccs1. The minimum atomic E-state index is -0.0356. The van der Waals surface area contributed by atoms with Gasteiger partial charge in [-0.05, 0) is 37.8 Å². The number of aryl methyl sites for hydroxylation is 2. The molecule has 0 fully saturated rings. The van der Waals surface area contributed by atoms with Gasteiger partial charge in [0.1, 0.15) is 17.9 Å². The third-order valence-corrected chi connectivity index (χ3v) is 6.92. The number of quaternary nitrogens is 1. The van der Waals surface area contributed by atoms with Crippen molar-refractivity contribution in [3.05, 3.63) is 73.3 Å². The second-order valence-corrected chi connectivity index (χ2v) is 9.36. The maximum absolute atomic E-state index is 13.0. The van der Waals surface area contributed by atoms with Crippen LogP contribution >= 0.6 is 22.7 Å². The number of hydrogen-bond donors (Lipinski definition) is 2. The number of nitrogens with one attached hydrogen (secondary N) is 2. The molecule has 0 bridgehead atoms. The highest BCUT2D eigenvalue weighted by Gasteiger charge is 2.18.